The largest absolute Gasteiger partial charge is 0.318 e. The molecule has 0 atom stereocenters. The van der Waals surface area contributed by atoms with E-state index in [1.807, 2.05) is 12.3 Å². The molecule has 0 bridgehead atoms. The fourth-order valence-electron chi connectivity index (χ4n) is 4.50. The van der Waals surface area contributed by atoms with Gasteiger partial charge in [-0.1, -0.05) is 48.0 Å². The second kappa shape index (κ2) is 7.30. The number of para-hydroxylation sites is 1. The molecule has 0 unspecified atom stereocenters. The maximum absolute atomic E-state index is 4.62. The van der Waals surface area contributed by atoms with Crippen molar-refractivity contribution in [3.05, 3.63) is 95.9 Å². The van der Waals surface area contributed by atoms with Crippen LogP contribution in [0.15, 0.2) is 79.3 Å². The van der Waals surface area contributed by atoms with Gasteiger partial charge in [-0.2, -0.15) is 0 Å². The summed E-state index contributed by atoms with van der Waals surface area (Å²) in [6.45, 7) is 7.24. The topological polar surface area (TPSA) is 32.3 Å². The van der Waals surface area contributed by atoms with Gasteiger partial charge < -0.3 is 9.80 Å². The van der Waals surface area contributed by atoms with E-state index in [-0.39, 0.29) is 0 Å². The second-order valence-corrected chi connectivity index (χ2v) is 7.89. The van der Waals surface area contributed by atoms with Gasteiger partial charge in [0.25, 0.3) is 0 Å². The van der Waals surface area contributed by atoms with Crippen LogP contribution in [0, 0.1) is 20.8 Å². The predicted octanol–water partition coefficient (Wildman–Crippen LogP) is 6.32. The van der Waals surface area contributed by atoms with Gasteiger partial charge in [0.05, 0.1) is 6.20 Å². The molecule has 1 aromatic heterocycles. The lowest BCUT2D eigenvalue weighted by Crippen LogP contribution is -2.24. The van der Waals surface area contributed by atoms with Crippen LogP contribution in [0.5, 0.6) is 0 Å². The summed E-state index contributed by atoms with van der Waals surface area (Å²) in [6, 6.07) is 23.7. The van der Waals surface area contributed by atoms with Crippen molar-refractivity contribution < 1.29 is 0 Å². The van der Waals surface area contributed by atoms with E-state index in [2.05, 4.69) is 101 Å². The number of nitrogens with zero attached hydrogens (tertiary/aromatic N) is 4. The molecule has 0 N–H and O–H groups in total. The number of rotatable bonds is 3. The number of aryl methyl sites for hydroxylation is 3. The molecular weight excluding hydrogens is 368 g/mol. The van der Waals surface area contributed by atoms with Gasteiger partial charge in [0, 0.05) is 11.4 Å². The van der Waals surface area contributed by atoms with Crippen molar-refractivity contribution >= 4 is 22.9 Å². The van der Waals surface area contributed by atoms with Crippen molar-refractivity contribution in [2.45, 2.75) is 20.8 Å². The monoisotopic (exact) mass is 392 g/mol. The van der Waals surface area contributed by atoms with Crippen molar-refractivity contribution in [3.63, 3.8) is 0 Å². The van der Waals surface area contributed by atoms with Crippen LogP contribution in [-0.2, 0) is 0 Å². The van der Waals surface area contributed by atoms with Gasteiger partial charge in [-0.25, -0.2) is 9.97 Å². The molecule has 0 saturated heterocycles. The quantitative estimate of drug-likeness (QED) is 0.409. The molecule has 0 aliphatic carbocycles. The van der Waals surface area contributed by atoms with E-state index in [4.69, 9.17) is 0 Å². The summed E-state index contributed by atoms with van der Waals surface area (Å²) >= 11 is 0. The third kappa shape index (κ3) is 3.11. The fourth-order valence-corrected chi connectivity index (χ4v) is 4.50. The Bertz CT molecular complexity index is 1190. The molecule has 4 aromatic rings. The molecule has 0 fully saturated rings. The molecule has 0 amide bonds. The van der Waals surface area contributed by atoms with Gasteiger partial charge in [0.2, 0.25) is 0 Å². The van der Waals surface area contributed by atoms with E-state index in [1.165, 1.54) is 27.8 Å². The molecule has 0 saturated carbocycles. The Morgan fingerprint density at radius 1 is 0.767 bits per heavy atom. The Hall–Kier alpha value is -3.66. The molecule has 4 heteroatoms. The highest BCUT2D eigenvalue weighted by molar-refractivity contribution is 5.85. The SMILES string of the molecule is Cc1cc(C)c(-c2cccc(N3CN(c4ccccc4)c4cncnc43)c2)c(C)c1. The number of hydrogen-bond acceptors (Lipinski definition) is 4. The first-order valence-electron chi connectivity index (χ1n) is 10.2. The third-order valence-corrected chi connectivity index (χ3v) is 5.69. The number of aromatic nitrogens is 2. The Morgan fingerprint density at radius 2 is 1.50 bits per heavy atom. The van der Waals surface area contributed by atoms with Crippen molar-refractivity contribution in [1.29, 1.82) is 0 Å². The molecule has 1 aliphatic rings. The molecule has 0 spiro atoms. The van der Waals surface area contributed by atoms with Gasteiger partial charge in [-0.15, -0.1) is 0 Å². The van der Waals surface area contributed by atoms with Crippen LogP contribution in [0.4, 0.5) is 22.9 Å². The predicted molar refractivity (Wildman–Crippen MR) is 124 cm³/mol. The number of hydrogen-bond donors (Lipinski definition) is 0. The van der Waals surface area contributed by atoms with E-state index < -0.39 is 0 Å². The highest BCUT2D eigenvalue weighted by Crippen LogP contribution is 2.43. The molecule has 30 heavy (non-hydrogen) atoms. The van der Waals surface area contributed by atoms with Gasteiger partial charge in [-0.3, -0.25) is 0 Å². The lowest BCUT2D eigenvalue weighted by atomic mass is 9.93. The molecule has 4 nitrogen and oxygen atoms in total. The summed E-state index contributed by atoms with van der Waals surface area (Å²) < 4.78 is 0. The molecule has 3 aromatic carbocycles. The minimum absolute atomic E-state index is 0.702. The van der Waals surface area contributed by atoms with Crippen LogP contribution in [0.1, 0.15) is 16.7 Å². The van der Waals surface area contributed by atoms with Gasteiger partial charge in [-0.05, 0) is 67.3 Å². The van der Waals surface area contributed by atoms with Gasteiger partial charge in [0.15, 0.2) is 5.82 Å². The molecule has 148 valence electrons. The van der Waals surface area contributed by atoms with Gasteiger partial charge in [0.1, 0.15) is 18.7 Å². The number of anilines is 4. The zero-order chi connectivity index (χ0) is 20.7. The maximum atomic E-state index is 4.62. The number of benzene rings is 3. The number of fused-ring (bicyclic) bond motifs is 1. The van der Waals surface area contributed by atoms with Crippen molar-refractivity contribution in [3.8, 4) is 11.1 Å². The summed E-state index contributed by atoms with van der Waals surface area (Å²) in [7, 11) is 0. The molecule has 5 rings (SSSR count). The zero-order valence-corrected chi connectivity index (χ0v) is 17.5. The first-order valence-corrected chi connectivity index (χ1v) is 10.2. The minimum Gasteiger partial charge on any atom is -0.318 e. The van der Waals surface area contributed by atoms with Crippen molar-refractivity contribution in [2.75, 3.05) is 16.5 Å². The highest BCUT2D eigenvalue weighted by Gasteiger charge is 2.29. The zero-order valence-electron chi connectivity index (χ0n) is 17.5. The van der Waals surface area contributed by atoms with E-state index in [1.54, 1.807) is 6.33 Å². The normalized spacial score (nSPS) is 12.9. The van der Waals surface area contributed by atoms with Crippen molar-refractivity contribution in [2.24, 2.45) is 0 Å². The van der Waals surface area contributed by atoms with Gasteiger partial charge >= 0.3 is 0 Å². The summed E-state index contributed by atoms with van der Waals surface area (Å²) in [4.78, 5) is 13.4. The minimum atomic E-state index is 0.702. The Balaban J connectivity index is 1.58. The standard InChI is InChI=1S/C26H24N4/c1-18-12-19(2)25(20(3)13-18)21-8-7-11-23(14-21)30-17-29(22-9-5-4-6-10-22)24-15-27-16-28-26(24)30/h4-16H,17H2,1-3H3. The van der Waals surface area contributed by atoms with E-state index in [0.29, 0.717) is 6.67 Å². The fraction of sp³-hybridized carbons (Fsp3) is 0.154. The van der Waals surface area contributed by atoms with Crippen LogP contribution in [0.3, 0.4) is 0 Å². The van der Waals surface area contributed by atoms with E-state index in [0.717, 1.165) is 22.9 Å². The van der Waals surface area contributed by atoms with Crippen LogP contribution < -0.4 is 9.80 Å². The summed E-state index contributed by atoms with van der Waals surface area (Å²) in [5.74, 6) is 0.934. The second-order valence-electron chi connectivity index (χ2n) is 7.89. The highest BCUT2D eigenvalue weighted by atomic mass is 15.4. The average molecular weight is 393 g/mol. The van der Waals surface area contributed by atoms with Crippen LogP contribution >= 0.6 is 0 Å². The first kappa shape index (κ1) is 18.4. The third-order valence-electron chi connectivity index (χ3n) is 5.69. The molecular formula is C26H24N4. The van der Waals surface area contributed by atoms with Crippen LogP contribution in [-0.4, -0.2) is 16.6 Å². The lowest BCUT2D eigenvalue weighted by Gasteiger charge is -2.22. The molecule has 0 radical (unpaired) electrons. The molecule has 2 heterocycles. The Labute approximate surface area is 177 Å². The smallest absolute Gasteiger partial charge is 0.162 e. The lowest BCUT2D eigenvalue weighted by molar-refractivity contribution is 0.981. The van der Waals surface area contributed by atoms with E-state index >= 15 is 0 Å². The summed E-state index contributed by atoms with van der Waals surface area (Å²) in [5.41, 5.74) is 9.74. The first-order chi connectivity index (χ1) is 14.6. The van der Waals surface area contributed by atoms with Crippen LogP contribution in [0.25, 0.3) is 11.1 Å². The average Bonchev–Trinajstić information content (AvgIpc) is 3.14. The Kier molecular flexibility index (Phi) is 4.47. The Morgan fingerprint density at radius 3 is 2.27 bits per heavy atom. The molecule has 1 aliphatic heterocycles. The van der Waals surface area contributed by atoms with Crippen LogP contribution in [0.2, 0.25) is 0 Å². The summed E-state index contributed by atoms with van der Waals surface area (Å²) in [5, 5.41) is 0. The van der Waals surface area contributed by atoms with Crippen molar-refractivity contribution in [1.82, 2.24) is 9.97 Å². The summed E-state index contributed by atoms with van der Waals surface area (Å²) in [6.07, 6.45) is 3.52. The maximum Gasteiger partial charge on any atom is 0.162 e. The van der Waals surface area contributed by atoms with E-state index in [9.17, 15) is 0 Å².